The van der Waals surface area contributed by atoms with Crippen molar-refractivity contribution in [3.63, 3.8) is 0 Å². The number of amides is 2. The van der Waals surface area contributed by atoms with Crippen molar-refractivity contribution in [2.24, 2.45) is 0 Å². The van der Waals surface area contributed by atoms with E-state index in [-0.39, 0.29) is 18.0 Å². The highest BCUT2D eigenvalue weighted by Gasteiger charge is 2.27. The summed E-state index contributed by atoms with van der Waals surface area (Å²) in [5.41, 5.74) is 0.275. The normalized spacial score (nSPS) is 15.6. The number of ether oxygens (including phenoxy) is 1. The number of hydrogen-bond donors (Lipinski definition) is 3. The first-order chi connectivity index (χ1) is 11.7. The fourth-order valence-corrected chi connectivity index (χ4v) is 2.61. The van der Waals surface area contributed by atoms with Crippen LogP contribution in [0.3, 0.4) is 0 Å². The summed E-state index contributed by atoms with van der Waals surface area (Å²) in [6, 6.07) is 6.12. The Balaban J connectivity index is 1.83. The van der Waals surface area contributed by atoms with E-state index in [1.807, 2.05) is 20.8 Å². The van der Waals surface area contributed by atoms with E-state index in [1.165, 1.54) is 12.1 Å². The van der Waals surface area contributed by atoms with Gasteiger partial charge in [-0.25, -0.2) is 4.79 Å². The number of nitrogens with zero attached hydrogens (tertiary/aromatic N) is 1. The summed E-state index contributed by atoms with van der Waals surface area (Å²) in [6.45, 7) is 6.57. The molecule has 7 nitrogen and oxygen atoms in total. The molecule has 0 atom stereocenters. The minimum atomic E-state index is -1.55. The molecule has 1 aromatic rings. The summed E-state index contributed by atoms with van der Waals surface area (Å²) in [4.78, 5) is 25.9. The van der Waals surface area contributed by atoms with E-state index in [1.54, 1.807) is 17.0 Å². The Morgan fingerprint density at radius 1 is 1.16 bits per heavy atom. The smallest absolute Gasteiger partial charge is 0.444 e. The molecule has 0 aromatic heterocycles. The first-order valence-corrected chi connectivity index (χ1v) is 8.40. The van der Waals surface area contributed by atoms with Crippen molar-refractivity contribution in [1.29, 1.82) is 0 Å². The van der Waals surface area contributed by atoms with Gasteiger partial charge in [-0.2, -0.15) is 0 Å². The predicted octanol–water partition coefficient (Wildman–Crippen LogP) is 0.496. The van der Waals surface area contributed by atoms with Crippen LogP contribution < -0.4 is 10.8 Å². The average molecular weight is 348 g/mol. The molecule has 1 aliphatic rings. The maximum absolute atomic E-state index is 12.3. The molecule has 0 unspecified atom stereocenters. The number of benzene rings is 1. The second-order valence-electron chi connectivity index (χ2n) is 7.21. The Labute approximate surface area is 148 Å². The van der Waals surface area contributed by atoms with E-state index < -0.39 is 12.7 Å². The van der Waals surface area contributed by atoms with E-state index >= 15 is 0 Å². The van der Waals surface area contributed by atoms with Gasteiger partial charge >= 0.3 is 13.2 Å². The zero-order chi connectivity index (χ0) is 18.6. The van der Waals surface area contributed by atoms with Gasteiger partial charge in [0, 0.05) is 24.7 Å². The van der Waals surface area contributed by atoms with Crippen molar-refractivity contribution >= 4 is 24.6 Å². The first kappa shape index (κ1) is 19.3. The van der Waals surface area contributed by atoms with Gasteiger partial charge < -0.3 is 25.0 Å². The summed E-state index contributed by atoms with van der Waals surface area (Å²) in [6.07, 6.45) is 1.01. The van der Waals surface area contributed by atoms with Gasteiger partial charge in [-0.3, -0.25) is 4.79 Å². The lowest BCUT2D eigenvalue weighted by molar-refractivity contribution is 0.0199. The summed E-state index contributed by atoms with van der Waals surface area (Å²) in [5, 5.41) is 21.1. The molecular weight excluding hydrogens is 323 g/mol. The molecule has 0 saturated carbocycles. The Hall–Kier alpha value is -2.06. The van der Waals surface area contributed by atoms with E-state index in [0.29, 0.717) is 37.0 Å². The van der Waals surface area contributed by atoms with Crippen molar-refractivity contribution < 1.29 is 24.4 Å². The average Bonchev–Trinajstić information content (AvgIpc) is 2.54. The van der Waals surface area contributed by atoms with Gasteiger partial charge in [-0.05, 0) is 51.2 Å². The molecule has 8 heteroatoms. The molecule has 1 aliphatic heterocycles. The lowest BCUT2D eigenvalue weighted by Gasteiger charge is -2.33. The molecule has 1 aromatic carbocycles. The third-order valence-corrected chi connectivity index (χ3v) is 3.95. The number of hydrogen-bond acceptors (Lipinski definition) is 5. The van der Waals surface area contributed by atoms with Gasteiger partial charge in [0.15, 0.2) is 0 Å². The van der Waals surface area contributed by atoms with Gasteiger partial charge in [-0.15, -0.1) is 0 Å². The first-order valence-electron chi connectivity index (χ1n) is 8.40. The van der Waals surface area contributed by atoms with Crippen LogP contribution in [0, 0.1) is 0 Å². The third kappa shape index (κ3) is 5.76. The van der Waals surface area contributed by atoms with Crippen LogP contribution in [0.15, 0.2) is 24.3 Å². The standard InChI is InChI=1S/C17H25BN2O5/c1-17(2,3)25-16(22)20-10-8-14(9-11-20)19-15(21)12-4-6-13(7-5-12)18(23)24/h4-7,14,23-24H,8-11H2,1-3H3,(H,19,21). The quantitative estimate of drug-likeness (QED) is 0.691. The van der Waals surface area contributed by atoms with Gasteiger partial charge in [0.2, 0.25) is 0 Å². The molecule has 0 radical (unpaired) electrons. The van der Waals surface area contributed by atoms with Crippen LogP contribution in [-0.4, -0.2) is 58.8 Å². The maximum Gasteiger partial charge on any atom is 0.488 e. The zero-order valence-electron chi connectivity index (χ0n) is 14.9. The van der Waals surface area contributed by atoms with Crippen molar-refractivity contribution in [2.75, 3.05) is 13.1 Å². The second-order valence-corrected chi connectivity index (χ2v) is 7.21. The Bertz CT molecular complexity index is 604. The van der Waals surface area contributed by atoms with Crippen LogP contribution in [0.1, 0.15) is 44.0 Å². The molecule has 136 valence electrons. The van der Waals surface area contributed by atoms with E-state index in [0.717, 1.165) is 0 Å². The zero-order valence-corrected chi connectivity index (χ0v) is 14.9. The lowest BCUT2D eigenvalue weighted by atomic mass is 9.80. The number of likely N-dealkylation sites (tertiary alicyclic amines) is 1. The van der Waals surface area contributed by atoms with Gasteiger partial charge in [0.05, 0.1) is 0 Å². The highest BCUT2D eigenvalue weighted by Crippen LogP contribution is 2.15. The summed E-state index contributed by atoms with van der Waals surface area (Å²) < 4.78 is 5.35. The highest BCUT2D eigenvalue weighted by molar-refractivity contribution is 6.58. The number of rotatable bonds is 3. The minimum absolute atomic E-state index is 0.00528. The number of carbonyl (C=O) groups is 2. The summed E-state index contributed by atoms with van der Waals surface area (Å²) >= 11 is 0. The molecule has 2 rings (SSSR count). The van der Waals surface area contributed by atoms with Crippen LogP contribution in [0.2, 0.25) is 0 Å². The fourth-order valence-electron chi connectivity index (χ4n) is 2.61. The summed E-state index contributed by atoms with van der Waals surface area (Å²) in [5.74, 6) is -0.213. The second kappa shape index (κ2) is 7.88. The monoisotopic (exact) mass is 348 g/mol. The molecular formula is C17H25BN2O5. The SMILES string of the molecule is CC(C)(C)OC(=O)N1CCC(NC(=O)c2ccc(B(O)O)cc2)CC1. The lowest BCUT2D eigenvalue weighted by Crippen LogP contribution is -2.47. The van der Waals surface area contributed by atoms with Gasteiger partial charge in [0.1, 0.15) is 5.60 Å². The van der Waals surface area contributed by atoms with Gasteiger partial charge in [0.25, 0.3) is 5.91 Å². The molecule has 1 saturated heterocycles. The van der Waals surface area contributed by atoms with E-state index in [9.17, 15) is 9.59 Å². The Kier molecular flexibility index (Phi) is 6.08. The van der Waals surface area contributed by atoms with Crippen LogP contribution in [0.4, 0.5) is 4.79 Å². The maximum atomic E-state index is 12.3. The van der Waals surface area contributed by atoms with Crippen LogP contribution in [-0.2, 0) is 4.74 Å². The molecule has 0 spiro atoms. The van der Waals surface area contributed by atoms with Crippen molar-refractivity contribution in [2.45, 2.75) is 45.3 Å². The predicted molar refractivity (Wildman–Crippen MR) is 94.6 cm³/mol. The van der Waals surface area contributed by atoms with Crippen molar-refractivity contribution in [3.05, 3.63) is 29.8 Å². The van der Waals surface area contributed by atoms with Gasteiger partial charge in [-0.1, -0.05) is 12.1 Å². The Morgan fingerprint density at radius 3 is 2.20 bits per heavy atom. The number of nitrogens with one attached hydrogen (secondary N) is 1. The largest absolute Gasteiger partial charge is 0.488 e. The molecule has 1 heterocycles. The molecule has 0 aliphatic carbocycles. The number of carbonyl (C=O) groups excluding carboxylic acids is 2. The third-order valence-electron chi connectivity index (χ3n) is 3.95. The molecule has 25 heavy (non-hydrogen) atoms. The summed E-state index contributed by atoms with van der Waals surface area (Å²) in [7, 11) is -1.55. The fraction of sp³-hybridized carbons (Fsp3) is 0.529. The van der Waals surface area contributed by atoms with Crippen molar-refractivity contribution in [1.82, 2.24) is 10.2 Å². The van der Waals surface area contributed by atoms with Crippen LogP contribution >= 0.6 is 0 Å². The molecule has 0 bridgehead atoms. The molecule has 1 fully saturated rings. The number of piperidine rings is 1. The minimum Gasteiger partial charge on any atom is -0.444 e. The van der Waals surface area contributed by atoms with Crippen LogP contribution in [0.25, 0.3) is 0 Å². The van der Waals surface area contributed by atoms with E-state index in [2.05, 4.69) is 5.32 Å². The molecule has 2 amide bonds. The Morgan fingerprint density at radius 2 is 1.72 bits per heavy atom. The highest BCUT2D eigenvalue weighted by atomic mass is 16.6. The van der Waals surface area contributed by atoms with Crippen LogP contribution in [0.5, 0.6) is 0 Å². The topological polar surface area (TPSA) is 99.1 Å². The van der Waals surface area contributed by atoms with E-state index in [4.69, 9.17) is 14.8 Å². The molecule has 3 N–H and O–H groups in total. The van der Waals surface area contributed by atoms with Crippen molar-refractivity contribution in [3.8, 4) is 0 Å².